The van der Waals surface area contributed by atoms with Gasteiger partial charge in [-0.25, -0.2) is 13.2 Å². The highest BCUT2D eigenvalue weighted by Crippen LogP contribution is 2.31. The summed E-state index contributed by atoms with van der Waals surface area (Å²) in [6.07, 6.45) is 0.406. The Morgan fingerprint density at radius 1 is 1.33 bits per heavy atom. The van der Waals surface area contributed by atoms with E-state index < -0.39 is 21.1 Å². The summed E-state index contributed by atoms with van der Waals surface area (Å²) >= 11 is 11.5. The molecule has 0 heterocycles. The van der Waals surface area contributed by atoms with Crippen molar-refractivity contribution in [3.8, 4) is 0 Å². The first kappa shape index (κ1) is 15.3. The number of sulfone groups is 1. The molecule has 0 bridgehead atoms. The van der Waals surface area contributed by atoms with Crippen LogP contribution >= 0.6 is 23.2 Å². The van der Waals surface area contributed by atoms with Crippen molar-refractivity contribution in [3.63, 3.8) is 0 Å². The fourth-order valence-electron chi connectivity index (χ4n) is 1.35. The van der Waals surface area contributed by atoms with E-state index in [2.05, 4.69) is 0 Å². The average Bonchev–Trinajstić information content (AvgIpc) is 2.26. The minimum Gasteiger partial charge on any atom is -0.478 e. The molecule has 7 heteroatoms. The Hall–Kier alpha value is -0.780. The topological polar surface area (TPSA) is 71.4 Å². The highest BCUT2D eigenvalue weighted by atomic mass is 35.5. The summed E-state index contributed by atoms with van der Waals surface area (Å²) in [7, 11) is -3.65. The van der Waals surface area contributed by atoms with E-state index in [-0.39, 0.29) is 20.5 Å². The first-order valence-corrected chi connectivity index (χ1v) is 7.48. The van der Waals surface area contributed by atoms with Crippen molar-refractivity contribution >= 4 is 39.0 Å². The molecule has 0 aliphatic heterocycles. The van der Waals surface area contributed by atoms with Crippen molar-refractivity contribution in [2.24, 2.45) is 0 Å². The fraction of sp³-hybridized carbons (Fsp3) is 0.364. The SMILES string of the molecule is CCC(C)S(=O)(=O)c1cc(C(=O)O)c(Cl)cc1Cl. The summed E-state index contributed by atoms with van der Waals surface area (Å²) in [5.74, 6) is -1.29. The quantitative estimate of drug-likeness (QED) is 0.926. The van der Waals surface area contributed by atoms with E-state index in [0.29, 0.717) is 6.42 Å². The summed E-state index contributed by atoms with van der Waals surface area (Å²) in [6.45, 7) is 3.27. The first-order valence-electron chi connectivity index (χ1n) is 5.18. The second kappa shape index (κ2) is 5.47. The van der Waals surface area contributed by atoms with Crippen molar-refractivity contribution < 1.29 is 18.3 Å². The van der Waals surface area contributed by atoms with Crippen molar-refractivity contribution in [2.75, 3.05) is 0 Å². The number of benzene rings is 1. The van der Waals surface area contributed by atoms with Crippen LogP contribution in [0.15, 0.2) is 17.0 Å². The van der Waals surface area contributed by atoms with Gasteiger partial charge in [0.1, 0.15) is 0 Å². The van der Waals surface area contributed by atoms with Crippen molar-refractivity contribution in [1.82, 2.24) is 0 Å². The summed E-state index contributed by atoms with van der Waals surface area (Å²) < 4.78 is 24.3. The number of halogens is 2. The Bertz CT molecular complexity index is 581. The maximum Gasteiger partial charge on any atom is 0.337 e. The van der Waals surface area contributed by atoms with Gasteiger partial charge in [-0.05, 0) is 25.5 Å². The van der Waals surface area contributed by atoms with Crippen molar-refractivity contribution in [1.29, 1.82) is 0 Å². The maximum atomic E-state index is 12.1. The van der Waals surface area contributed by atoms with Crippen molar-refractivity contribution in [3.05, 3.63) is 27.7 Å². The number of hydrogen-bond donors (Lipinski definition) is 1. The lowest BCUT2D eigenvalue weighted by Gasteiger charge is -2.13. The molecule has 18 heavy (non-hydrogen) atoms. The zero-order valence-corrected chi connectivity index (χ0v) is 12.1. The van der Waals surface area contributed by atoms with Crippen LogP contribution in [0.2, 0.25) is 10.0 Å². The van der Waals surface area contributed by atoms with E-state index >= 15 is 0 Å². The van der Waals surface area contributed by atoms with Gasteiger partial charge < -0.3 is 5.11 Å². The van der Waals surface area contributed by atoms with Gasteiger partial charge in [-0.1, -0.05) is 30.1 Å². The third-order valence-corrected chi connectivity index (χ3v) is 5.74. The Morgan fingerprint density at radius 2 is 1.89 bits per heavy atom. The standard InChI is InChI=1S/C11H12Cl2O4S/c1-3-6(2)18(16,17)10-4-7(11(14)15)8(12)5-9(10)13/h4-6H,3H2,1-2H3,(H,14,15). The van der Waals surface area contributed by atoms with Crippen LogP contribution in [-0.4, -0.2) is 24.7 Å². The van der Waals surface area contributed by atoms with Gasteiger partial charge in [0.2, 0.25) is 0 Å². The number of carboxylic acid groups (broad SMARTS) is 1. The monoisotopic (exact) mass is 310 g/mol. The fourth-order valence-corrected chi connectivity index (χ4v) is 3.62. The van der Waals surface area contributed by atoms with E-state index in [1.54, 1.807) is 13.8 Å². The summed E-state index contributed by atoms with van der Waals surface area (Å²) in [5.41, 5.74) is -0.275. The molecule has 0 spiro atoms. The molecule has 1 rings (SSSR count). The normalized spacial score (nSPS) is 13.3. The zero-order valence-electron chi connectivity index (χ0n) is 9.78. The second-order valence-electron chi connectivity index (χ2n) is 3.83. The smallest absolute Gasteiger partial charge is 0.337 e. The van der Waals surface area contributed by atoms with Crippen LogP contribution in [0.4, 0.5) is 0 Å². The van der Waals surface area contributed by atoms with E-state index in [4.69, 9.17) is 28.3 Å². The van der Waals surface area contributed by atoms with Crippen LogP contribution in [0.5, 0.6) is 0 Å². The molecule has 0 radical (unpaired) electrons. The zero-order chi connectivity index (χ0) is 14.1. The molecule has 1 N–H and O–H groups in total. The summed E-state index contributed by atoms with van der Waals surface area (Å²) in [6, 6.07) is 2.15. The van der Waals surface area contributed by atoms with E-state index in [1.807, 2.05) is 0 Å². The molecular formula is C11H12Cl2O4S. The molecule has 4 nitrogen and oxygen atoms in total. The number of aromatic carboxylic acids is 1. The van der Waals surface area contributed by atoms with Crippen LogP contribution in [0, 0.1) is 0 Å². The highest BCUT2D eigenvalue weighted by Gasteiger charge is 2.26. The lowest BCUT2D eigenvalue weighted by atomic mass is 10.2. The van der Waals surface area contributed by atoms with E-state index in [1.165, 1.54) is 0 Å². The number of rotatable bonds is 4. The van der Waals surface area contributed by atoms with Gasteiger partial charge in [-0.3, -0.25) is 0 Å². The molecule has 0 fully saturated rings. The molecule has 0 aliphatic carbocycles. The van der Waals surface area contributed by atoms with Crippen LogP contribution in [0.1, 0.15) is 30.6 Å². The molecule has 0 saturated heterocycles. The van der Waals surface area contributed by atoms with Gasteiger partial charge in [0.25, 0.3) is 0 Å². The Kier molecular flexibility index (Phi) is 4.64. The molecule has 0 aliphatic rings. The van der Waals surface area contributed by atoms with Gasteiger partial charge in [0.05, 0.1) is 25.8 Å². The minimum atomic E-state index is -3.65. The highest BCUT2D eigenvalue weighted by molar-refractivity contribution is 7.92. The molecule has 1 atom stereocenters. The van der Waals surface area contributed by atoms with Gasteiger partial charge in [-0.2, -0.15) is 0 Å². The van der Waals surface area contributed by atoms with Gasteiger partial charge in [0, 0.05) is 0 Å². The number of carbonyl (C=O) groups is 1. The maximum absolute atomic E-state index is 12.1. The molecule has 0 saturated carbocycles. The Labute approximate surface area is 115 Å². The van der Waals surface area contributed by atoms with Crippen LogP contribution in [-0.2, 0) is 9.84 Å². The predicted molar refractivity (Wildman–Crippen MR) is 70.4 cm³/mol. The van der Waals surface area contributed by atoms with Gasteiger partial charge in [-0.15, -0.1) is 0 Å². The van der Waals surface area contributed by atoms with Crippen LogP contribution < -0.4 is 0 Å². The lowest BCUT2D eigenvalue weighted by Crippen LogP contribution is -2.18. The number of hydrogen-bond acceptors (Lipinski definition) is 3. The van der Waals surface area contributed by atoms with E-state index in [9.17, 15) is 13.2 Å². The molecule has 1 aromatic carbocycles. The second-order valence-corrected chi connectivity index (χ2v) is 6.98. The average molecular weight is 311 g/mol. The summed E-state index contributed by atoms with van der Waals surface area (Å²) in [4.78, 5) is 10.7. The molecule has 100 valence electrons. The van der Waals surface area contributed by atoms with Gasteiger partial charge >= 0.3 is 5.97 Å². The number of carboxylic acids is 1. The van der Waals surface area contributed by atoms with Crippen LogP contribution in [0.25, 0.3) is 0 Å². The predicted octanol–water partition coefficient (Wildman–Crippen LogP) is 3.26. The van der Waals surface area contributed by atoms with Crippen LogP contribution in [0.3, 0.4) is 0 Å². The Morgan fingerprint density at radius 3 is 2.33 bits per heavy atom. The molecule has 1 unspecified atom stereocenters. The molecule has 0 amide bonds. The van der Waals surface area contributed by atoms with Gasteiger partial charge in [0.15, 0.2) is 9.84 Å². The molecular weight excluding hydrogens is 299 g/mol. The largest absolute Gasteiger partial charge is 0.478 e. The minimum absolute atomic E-state index is 0.0645. The molecule has 1 aromatic rings. The van der Waals surface area contributed by atoms with Crippen molar-refractivity contribution in [2.45, 2.75) is 30.4 Å². The van der Waals surface area contributed by atoms with E-state index in [0.717, 1.165) is 12.1 Å². The third kappa shape index (κ3) is 2.79. The molecule has 0 aromatic heterocycles. The first-order chi connectivity index (χ1) is 8.21. The summed E-state index contributed by atoms with van der Waals surface area (Å²) in [5, 5.41) is 8.13. The lowest BCUT2D eigenvalue weighted by molar-refractivity contribution is 0.0697. The Balaban J connectivity index is 3.52. The third-order valence-electron chi connectivity index (χ3n) is 2.66.